The van der Waals surface area contributed by atoms with Crippen LogP contribution in [0.2, 0.25) is 5.02 Å². The third kappa shape index (κ3) is 5.23. The highest BCUT2D eigenvalue weighted by Crippen LogP contribution is 2.36. The van der Waals surface area contributed by atoms with Crippen LogP contribution in [0.15, 0.2) is 42.5 Å². The van der Waals surface area contributed by atoms with Gasteiger partial charge in [0.05, 0.1) is 10.6 Å². The van der Waals surface area contributed by atoms with Gasteiger partial charge in [-0.2, -0.15) is 13.2 Å². The fourth-order valence-electron chi connectivity index (χ4n) is 3.16. The largest absolute Gasteiger partial charge is 0.417 e. The van der Waals surface area contributed by atoms with Crippen LogP contribution < -0.4 is 5.32 Å². The highest BCUT2D eigenvalue weighted by molar-refractivity contribution is 6.31. The molecule has 144 valence electrons. The first-order valence-corrected chi connectivity index (χ1v) is 9.20. The number of carbonyl (C=O) groups is 1. The lowest BCUT2D eigenvalue weighted by Gasteiger charge is -2.26. The van der Waals surface area contributed by atoms with Crippen molar-refractivity contribution in [2.75, 3.05) is 18.4 Å². The van der Waals surface area contributed by atoms with Crippen molar-refractivity contribution in [3.05, 3.63) is 64.2 Å². The summed E-state index contributed by atoms with van der Waals surface area (Å²) in [5, 5.41) is 2.09. The van der Waals surface area contributed by atoms with Crippen LogP contribution in [-0.2, 0) is 12.7 Å². The average Bonchev–Trinajstić information content (AvgIpc) is 2.64. The number of rotatable bonds is 4. The molecule has 7 heteroatoms. The summed E-state index contributed by atoms with van der Waals surface area (Å²) >= 11 is 5.60. The number of amides is 1. The number of nitrogens with one attached hydrogen (secondary N) is 1. The molecule has 3 rings (SSSR count). The predicted molar refractivity (Wildman–Crippen MR) is 100.0 cm³/mol. The van der Waals surface area contributed by atoms with Crippen LogP contribution in [0, 0.1) is 0 Å². The van der Waals surface area contributed by atoms with Crippen molar-refractivity contribution in [1.29, 1.82) is 0 Å². The molecule has 1 amide bonds. The van der Waals surface area contributed by atoms with Gasteiger partial charge in [-0.05, 0) is 61.8 Å². The van der Waals surface area contributed by atoms with Crippen molar-refractivity contribution in [2.24, 2.45) is 0 Å². The van der Waals surface area contributed by atoms with E-state index in [0.717, 1.165) is 37.3 Å². The molecule has 0 spiro atoms. The summed E-state index contributed by atoms with van der Waals surface area (Å²) in [7, 11) is 0. The van der Waals surface area contributed by atoms with E-state index in [0.29, 0.717) is 5.56 Å². The second-order valence-electron chi connectivity index (χ2n) is 6.68. The average molecular weight is 397 g/mol. The Morgan fingerprint density at radius 3 is 2.33 bits per heavy atom. The lowest BCUT2D eigenvalue weighted by molar-refractivity contribution is -0.137. The molecule has 1 aliphatic rings. The van der Waals surface area contributed by atoms with Crippen LogP contribution in [0.1, 0.15) is 40.7 Å². The van der Waals surface area contributed by atoms with Gasteiger partial charge in [0.2, 0.25) is 0 Å². The maximum atomic E-state index is 12.9. The topological polar surface area (TPSA) is 32.3 Å². The summed E-state index contributed by atoms with van der Waals surface area (Å²) < 4.78 is 38.8. The number of hydrogen-bond donors (Lipinski definition) is 1. The van der Waals surface area contributed by atoms with E-state index in [9.17, 15) is 18.0 Å². The molecular formula is C20H20ClF3N2O. The normalized spacial score (nSPS) is 15.6. The number of piperidine rings is 1. The number of hydrogen-bond acceptors (Lipinski definition) is 2. The molecule has 1 aliphatic heterocycles. The Morgan fingerprint density at radius 1 is 1.04 bits per heavy atom. The molecule has 2 aromatic carbocycles. The van der Waals surface area contributed by atoms with Gasteiger partial charge in [-0.3, -0.25) is 9.69 Å². The predicted octanol–water partition coefficient (Wildman–Crippen LogP) is 5.60. The van der Waals surface area contributed by atoms with Gasteiger partial charge in [0.15, 0.2) is 0 Å². The Labute approximate surface area is 161 Å². The van der Waals surface area contributed by atoms with Gasteiger partial charge in [0, 0.05) is 17.8 Å². The zero-order valence-electron chi connectivity index (χ0n) is 14.7. The van der Waals surface area contributed by atoms with E-state index in [1.807, 2.05) is 12.1 Å². The number of benzene rings is 2. The van der Waals surface area contributed by atoms with Crippen LogP contribution in [0.4, 0.5) is 18.9 Å². The lowest BCUT2D eigenvalue weighted by Crippen LogP contribution is -2.29. The summed E-state index contributed by atoms with van der Waals surface area (Å²) in [6.45, 7) is 3.01. The Bertz CT molecular complexity index is 800. The number of alkyl halides is 3. The van der Waals surface area contributed by atoms with E-state index in [1.54, 1.807) is 12.1 Å². The third-order valence-electron chi connectivity index (χ3n) is 4.60. The van der Waals surface area contributed by atoms with E-state index >= 15 is 0 Å². The summed E-state index contributed by atoms with van der Waals surface area (Å²) in [6, 6.07) is 10.5. The lowest BCUT2D eigenvalue weighted by atomic mass is 10.1. The molecule has 1 heterocycles. The summed E-state index contributed by atoms with van der Waals surface area (Å²) in [4.78, 5) is 14.7. The van der Waals surface area contributed by atoms with Crippen molar-refractivity contribution in [1.82, 2.24) is 4.90 Å². The zero-order chi connectivity index (χ0) is 19.4. The van der Waals surface area contributed by atoms with Crippen LogP contribution in [0.25, 0.3) is 0 Å². The van der Waals surface area contributed by atoms with Gasteiger partial charge in [0.1, 0.15) is 0 Å². The molecule has 0 saturated carbocycles. The molecule has 0 unspecified atom stereocenters. The van der Waals surface area contributed by atoms with Crippen molar-refractivity contribution in [3.63, 3.8) is 0 Å². The molecule has 0 aliphatic carbocycles. The second kappa shape index (κ2) is 8.31. The Kier molecular flexibility index (Phi) is 6.07. The van der Waals surface area contributed by atoms with Gasteiger partial charge < -0.3 is 5.32 Å². The second-order valence-corrected chi connectivity index (χ2v) is 7.09. The van der Waals surface area contributed by atoms with Gasteiger partial charge in [-0.1, -0.05) is 30.2 Å². The number of carbonyl (C=O) groups excluding carboxylic acids is 1. The first-order valence-electron chi connectivity index (χ1n) is 8.82. The van der Waals surface area contributed by atoms with E-state index in [-0.39, 0.29) is 5.69 Å². The van der Waals surface area contributed by atoms with E-state index < -0.39 is 22.7 Å². The molecular weight excluding hydrogens is 377 g/mol. The molecule has 1 N–H and O–H groups in total. The fraction of sp³-hybridized carbons (Fsp3) is 0.350. The standard InChI is InChI=1S/C20H20ClF3N2O/c21-18-9-8-16(12-17(18)20(22,23)24)25-19(27)15-6-4-14(5-7-15)13-26-10-2-1-3-11-26/h4-9,12H,1-3,10-11,13H2,(H,25,27). The van der Waals surface area contributed by atoms with Gasteiger partial charge in [-0.25, -0.2) is 0 Å². The number of anilines is 1. The first kappa shape index (κ1) is 19.7. The van der Waals surface area contributed by atoms with Gasteiger partial charge in [0.25, 0.3) is 5.91 Å². The van der Waals surface area contributed by atoms with Crippen LogP contribution in [-0.4, -0.2) is 23.9 Å². The van der Waals surface area contributed by atoms with Crippen LogP contribution in [0.5, 0.6) is 0 Å². The molecule has 0 atom stereocenters. The van der Waals surface area contributed by atoms with E-state index in [4.69, 9.17) is 11.6 Å². The Hall–Kier alpha value is -2.05. The minimum absolute atomic E-state index is 0.0501. The van der Waals surface area contributed by atoms with Crippen molar-refractivity contribution in [3.8, 4) is 0 Å². The number of halogens is 4. The Balaban J connectivity index is 1.66. The maximum absolute atomic E-state index is 12.9. The molecule has 2 aromatic rings. The minimum atomic E-state index is -4.58. The number of nitrogens with zero attached hydrogens (tertiary/aromatic N) is 1. The SMILES string of the molecule is O=C(Nc1ccc(Cl)c(C(F)(F)F)c1)c1ccc(CN2CCCCC2)cc1. The quantitative estimate of drug-likeness (QED) is 0.729. The third-order valence-corrected chi connectivity index (χ3v) is 4.93. The van der Waals surface area contributed by atoms with E-state index in [2.05, 4.69) is 10.2 Å². The summed E-state index contributed by atoms with van der Waals surface area (Å²) in [6.07, 6.45) is -0.882. The molecule has 27 heavy (non-hydrogen) atoms. The van der Waals surface area contributed by atoms with Crippen LogP contribution in [0.3, 0.4) is 0 Å². The van der Waals surface area contributed by atoms with E-state index in [1.165, 1.54) is 25.3 Å². The van der Waals surface area contributed by atoms with Gasteiger partial charge in [-0.15, -0.1) is 0 Å². The minimum Gasteiger partial charge on any atom is -0.322 e. The smallest absolute Gasteiger partial charge is 0.322 e. The zero-order valence-corrected chi connectivity index (χ0v) is 15.4. The summed E-state index contributed by atoms with van der Waals surface area (Å²) in [5.41, 5.74) is 0.577. The van der Waals surface area contributed by atoms with Crippen LogP contribution >= 0.6 is 11.6 Å². The van der Waals surface area contributed by atoms with Crippen molar-refractivity contribution >= 4 is 23.2 Å². The summed E-state index contributed by atoms with van der Waals surface area (Å²) in [5.74, 6) is -0.463. The monoisotopic (exact) mass is 396 g/mol. The molecule has 1 saturated heterocycles. The molecule has 0 aromatic heterocycles. The molecule has 0 radical (unpaired) electrons. The molecule has 1 fully saturated rings. The highest BCUT2D eigenvalue weighted by Gasteiger charge is 2.33. The Morgan fingerprint density at radius 2 is 1.70 bits per heavy atom. The van der Waals surface area contributed by atoms with Crippen molar-refractivity contribution in [2.45, 2.75) is 32.0 Å². The number of likely N-dealkylation sites (tertiary alicyclic amines) is 1. The van der Waals surface area contributed by atoms with Gasteiger partial charge >= 0.3 is 6.18 Å². The molecule has 3 nitrogen and oxygen atoms in total. The maximum Gasteiger partial charge on any atom is 0.417 e. The first-order chi connectivity index (χ1) is 12.8. The molecule has 0 bridgehead atoms. The highest BCUT2D eigenvalue weighted by atomic mass is 35.5. The van der Waals surface area contributed by atoms with Crippen molar-refractivity contribution < 1.29 is 18.0 Å². The fourth-order valence-corrected chi connectivity index (χ4v) is 3.39.